The van der Waals surface area contributed by atoms with E-state index in [1.54, 1.807) is 11.3 Å². The Kier molecular flexibility index (Phi) is 2.15. The van der Waals surface area contributed by atoms with Gasteiger partial charge in [0.15, 0.2) is 0 Å². The van der Waals surface area contributed by atoms with E-state index < -0.39 is 0 Å². The molecule has 1 N–H and O–H groups in total. The normalized spacial score (nSPS) is 21.4. The van der Waals surface area contributed by atoms with E-state index in [1.807, 2.05) is 13.2 Å². The maximum atomic E-state index is 4.40. The summed E-state index contributed by atoms with van der Waals surface area (Å²) >= 11 is 1.77. The van der Waals surface area contributed by atoms with Crippen molar-refractivity contribution in [3.05, 3.63) is 16.6 Å². The van der Waals surface area contributed by atoms with Gasteiger partial charge in [-0.25, -0.2) is 4.98 Å². The van der Waals surface area contributed by atoms with E-state index >= 15 is 0 Å². The molecule has 1 saturated carbocycles. The molecular formula is C9H14N2S. The fraction of sp³-hybridized carbons (Fsp3) is 0.667. The topological polar surface area (TPSA) is 24.9 Å². The zero-order chi connectivity index (χ0) is 8.44. The zero-order valence-corrected chi connectivity index (χ0v) is 8.16. The van der Waals surface area contributed by atoms with Gasteiger partial charge < -0.3 is 5.32 Å². The van der Waals surface area contributed by atoms with Gasteiger partial charge in [0.25, 0.3) is 0 Å². The number of nitrogens with one attached hydrogen (secondary N) is 1. The lowest BCUT2D eigenvalue weighted by Gasteiger charge is -2.25. The summed E-state index contributed by atoms with van der Waals surface area (Å²) in [6.45, 7) is 0. The minimum atomic E-state index is 0.216. The van der Waals surface area contributed by atoms with Crippen LogP contribution in [0.15, 0.2) is 11.6 Å². The summed E-state index contributed by atoms with van der Waals surface area (Å²) in [7, 11) is 2.05. The number of thiazole rings is 1. The molecule has 0 unspecified atom stereocenters. The number of aromatic nitrogens is 1. The first-order valence-electron chi connectivity index (χ1n) is 4.46. The standard InChI is InChI=1S/C9H14N2S/c1-10-9(4-2-3-5-9)8-11-6-7-12-8/h6-7,10H,2-5H2,1H3. The van der Waals surface area contributed by atoms with E-state index in [0.29, 0.717) is 0 Å². The largest absolute Gasteiger partial charge is 0.308 e. The highest BCUT2D eigenvalue weighted by molar-refractivity contribution is 7.09. The van der Waals surface area contributed by atoms with Crippen molar-refractivity contribution >= 4 is 11.3 Å². The predicted molar refractivity (Wildman–Crippen MR) is 51.3 cm³/mol. The minimum absolute atomic E-state index is 0.216. The van der Waals surface area contributed by atoms with Crippen molar-refractivity contribution in [2.75, 3.05) is 7.05 Å². The summed E-state index contributed by atoms with van der Waals surface area (Å²) in [6.07, 6.45) is 7.06. The van der Waals surface area contributed by atoms with Crippen molar-refractivity contribution < 1.29 is 0 Å². The molecule has 0 bridgehead atoms. The Labute approximate surface area is 77.0 Å². The highest BCUT2D eigenvalue weighted by Crippen LogP contribution is 2.38. The Bertz CT molecular complexity index is 237. The number of hydrogen-bond donors (Lipinski definition) is 1. The van der Waals surface area contributed by atoms with E-state index in [0.717, 1.165) is 0 Å². The van der Waals surface area contributed by atoms with Crippen LogP contribution in [0.3, 0.4) is 0 Å². The van der Waals surface area contributed by atoms with Gasteiger partial charge in [-0.1, -0.05) is 12.8 Å². The van der Waals surface area contributed by atoms with Crippen LogP contribution in [0.5, 0.6) is 0 Å². The van der Waals surface area contributed by atoms with Gasteiger partial charge >= 0.3 is 0 Å². The first kappa shape index (κ1) is 8.20. The van der Waals surface area contributed by atoms with Gasteiger partial charge in [0.2, 0.25) is 0 Å². The molecule has 0 radical (unpaired) electrons. The van der Waals surface area contributed by atoms with Crippen molar-refractivity contribution in [3.63, 3.8) is 0 Å². The molecule has 1 aromatic heterocycles. The Balaban J connectivity index is 2.28. The van der Waals surface area contributed by atoms with Crippen molar-refractivity contribution in [2.45, 2.75) is 31.2 Å². The second-order valence-electron chi connectivity index (χ2n) is 3.38. The van der Waals surface area contributed by atoms with Crippen molar-refractivity contribution in [3.8, 4) is 0 Å². The number of rotatable bonds is 2. The maximum Gasteiger partial charge on any atom is 0.113 e. The predicted octanol–water partition coefficient (Wildman–Crippen LogP) is 2.13. The molecule has 1 aliphatic rings. The fourth-order valence-electron chi connectivity index (χ4n) is 2.01. The molecule has 0 spiro atoms. The number of nitrogens with zero attached hydrogens (tertiary/aromatic N) is 1. The van der Waals surface area contributed by atoms with Gasteiger partial charge in [-0.05, 0) is 19.9 Å². The van der Waals surface area contributed by atoms with Gasteiger partial charge in [-0.3, -0.25) is 0 Å². The Hall–Kier alpha value is -0.410. The van der Waals surface area contributed by atoms with E-state index in [9.17, 15) is 0 Å². The molecule has 0 amide bonds. The van der Waals surface area contributed by atoms with Crippen LogP contribution in [0.2, 0.25) is 0 Å². The average Bonchev–Trinajstić information content (AvgIpc) is 2.76. The SMILES string of the molecule is CNC1(c2nccs2)CCCC1. The second kappa shape index (κ2) is 3.15. The van der Waals surface area contributed by atoms with Crippen molar-refractivity contribution in [1.82, 2.24) is 10.3 Å². The molecular weight excluding hydrogens is 168 g/mol. The van der Waals surface area contributed by atoms with Crippen LogP contribution in [0.1, 0.15) is 30.7 Å². The van der Waals surface area contributed by atoms with Gasteiger partial charge in [0, 0.05) is 11.6 Å². The molecule has 1 aromatic rings. The third-order valence-electron chi connectivity index (χ3n) is 2.78. The van der Waals surface area contributed by atoms with Crippen LogP contribution < -0.4 is 5.32 Å². The molecule has 1 aliphatic carbocycles. The van der Waals surface area contributed by atoms with Gasteiger partial charge in [-0.2, -0.15) is 0 Å². The highest BCUT2D eigenvalue weighted by atomic mass is 32.1. The lowest BCUT2D eigenvalue weighted by atomic mass is 9.99. The average molecular weight is 182 g/mol. The first-order valence-corrected chi connectivity index (χ1v) is 5.34. The Morgan fingerprint density at radius 1 is 1.50 bits per heavy atom. The molecule has 3 heteroatoms. The van der Waals surface area contributed by atoms with Crippen LogP contribution >= 0.6 is 11.3 Å². The Morgan fingerprint density at radius 3 is 2.75 bits per heavy atom. The van der Waals surface area contributed by atoms with Gasteiger partial charge in [0.05, 0.1) is 5.54 Å². The molecule has 66 valence electrons. The summed E-state index contributed by atoms with van der Waals surface area (Å²) in [5.74, 6) is 0. The lowest BCUT2D eigenvalue weighted by molar-refractivity contribution is 0.371. The molecule has 0 saturated heterocycles. The van der Waals surface area contributed by atoms with Crippen LogP contribution in [0.4, 0.5) is 0 Å². The lowest BCUT2D eigenvalue weighted by Crippen LogP contribution is -2.36. The van der Waals surface area contributed by atoms with Crippen LogP contribution in [0.25, 0.3) is 0 Å². The van der Waals surface area contributed by atoms with Gasteiger partial charge in [0.1, 0.15) is 5.01 Å². The monoisotopic (exact) mass is 182 g/mol. The summed E-state index contributed by atoms with van der Waals surface area (Å²) in [4.78, 5) is 4.40. The van der Waals surface area contributed by atoms with Crippen LogP contribution in [0, 0.1) is 0 Å². The third kappa shape index (κ3) is 1.17. The molecule has 0 aliphatic heterocycles. The summed E-state index contributed by atoms with van der Waals surface area (Å²) in [5, 5.41) is 6.76. The molecule has 0 atom stereocenters. The molecule has 1 fully saturated rings. The molecule has 0 aromatic carbocycles. The Morgan fingerprint density at radius 2 is 2.25 bits per heavy atom. The van der Waals surface area contributed by atoms with Gasteiger partial charge in [-0.15, -0.1) is 11.3 Å². The van der Waals surface area contributed by atoms with E-state index in [2.05, 4.69) is 15.7 Å². The fourth-order valence-corrected chi connectivity index (χ4v) is 2.91. The molecule has 12 heavy (non-hydrogen) atoms. The summed E-state index contributed by atoms with van der Waals surface area (Å²) in [6, 6.07) is 0. The number of hydrogen-bond acceptors (Lipinski definition) is 3. The van der Waals surface area contributed by atoms with E-state index in [-0.39, 0.29) is 5.54 Å². The smallest absolute Gasteiger partial charge is 0.113 e. The van der Waals surface area contributed by atoms with E-state index in [1.165, 1.54) is 30.7 Å². The minimum Gasteiger partial charge on any atom is -0.308 e. The molecule has 2 nitrogen and oxygen atoms in total. The first-order chi connectivity index (χ1) is 5.87. The van der Waals surface area contributed by atoms with Crippen molar-refractivity contribution in [2.24, 2.45) is 0 Å². The summed E-state index contributed by atoms with van der Waals surface area (Å²) in [5.41, 5.74) is 0.216. The van der Waals surface area contributed by atoms with E-state index in [4.69, 9.17) is 0 Å². The highest BCUT2D eigenvalue weighted by Gasteiger charge is 2.35. The maximum absolute atomic E-state index is 4.40. The van der Waals surface area contributed by atoms with Crippen LogP contribution in [-0.4, -0.2) is 12.0 Å². The quantitative estimate of drug-likeness (QED) is 0.758. The molecule has 2 rings (SSSR count). The van der Waals surface area contributed by atoms with Crippen LogP contribution in [-0.2, 0) is 5.54 Å². The molecule has 1 heterocycles. The third-order valence-corrected chi connectivity index (χ3v) is 3.75. The zero-order valence-electron chi connectivity index (χ0n) is 7.34. The summed E-state index contributed by atoms with van der Waals surface area (Å²) < 4.78 is 0. The van der Waals surface area contributed by atoms with Crippen molar-refractivity contribution in [1.29, 1.82) is 0 Å². The second-order valence-corrected chi connectivity index (χ2v) is 4.27.